The maximum atomic E-state index is 6.26. The first kappa shape index (κ1) is 12.2. The van der Waals surface area contributed by atoms with Gasteiger partial charge in [0, 0.05) is 35.2 Å². The molecule has 0 unspecified atom stereocenters. The molecule has 20 heavy (non-hydrogen) atoms. The molecule has 0 saturated carbocycles. The summed E-state index contributed by atoms with van der Waals surface area (Å²) in [4.78, 5) is 5.80. The summed E-state index contributed by atoms with van der Waals surface area (Å²) < 4.78 is 11.9. The molecule has 1 N–H and O–H groups in total. The van der Waals surface area contributed by atoms with Gasteiger partial charge in [-0.25, -0.2) is 0 Å². The Kier molecular flexibility index (Phi) is 2.44. The highest BCUT2D eigenvalue weighted by Gasteiger charge is 2.48. The lowest BCUT2D eigenvalue weighted by atomic mass is 9.75. The quantitative estimate of drug-likeness (QED) is 0.865. The number of methoxy groups -OCH3 is 1. The van der Waals surface area contributed by atoms with Crippen LogP contribution in [0.5, 0.6) is 5.75 Å². The molecule has 0 amide bonds. The fourth-order valence-electron chi connectivity index (χ4n) is 3.97. The third-order valence-electron chi connectivity index (χ3n) is 5.03. The van der Waals surface area contributed by atoms with Crippen LogP contribution < -0.4 is 4.74 Å². The van der Waals surface area contributed by atoms with Gasteiger partial charge in [-0.1, -0.05) is 0 Å². The summed E-state index contributed by atoms with van der Waals surface area (Å²) in [5.74, 6) is 0.931. The number of hydrogen-bond donors (Lipinski definition) is 1. The van der Waals surface area contributed by atoms with Gasteiger partial charge in [-0.05, 0) is 38.1 Å². The van der Waals surface area contributed by atoms with Gasteiger partial charge in [-0.2, -0.15) is 0 Å². The second-order valence-corrected chi connectivity index (χ2v) is 6.04. The van der Waals surface area contributed by atoms with E-state index in [9.17, 15) is 0 Å². The number of aromatic amines is 1. The summed E-state index contributed by atoms with van der Waals surface area (Å²) in [6.45, 7) is 3.96. The summed E-state index contributed by atoms with van der Waals surface area (Å²) in [5.41, 5.74) is 3.45. The van der Waals surface area contributed by atoms with Crippen molar-refractivity contribution in [3.8, 4) is 5.75 Å². The van der Waals surface area contributed by atoms with Crippen molar-refractivity contribution < 1.29 is 9.47 Å². The largest absolute Gasteiger partial charge is 0.496 e. The normalized spacial score (nSPS) is 29.4. The molecule has 2 aromatic rings. The predicted octanol–water partition coefficient (Wildman–Crippen LogP) is 2.28. The summed E-state index contributed by atoms with van der Waals surface area (Å²) >= 11 is 0. The van der Waals surface area contributed by atoms with Gasteiger partial charge >= 0.3 is 0 Å². The van der Waals surface area contributed by atoms with E-state index in [0.29, 0.717) is 6.04 Å². The summed E-state index contributed by atoms with van der Waals surface area (Å²) in [5, 5.41) is 1.29. The average Bonchev–Trinajstić information content (AvgIpc) is 2.85. The number of aromatic nitrogens is 1. The molecular formula is C16H20N2O2. The Morgan fingerprint density at radius 3 is 3.10 bits per heavy atom. The van der Waals surface area contributed by atoms with Gasteiger partial charge in [0.2, 0.25) is 0 Å². The number of benzene rings is 1. The van der Waals surface area contributed by atoms with Gasteiger partial charge in [0.05, 0.1) is 13.7 Å². The standard InChI is InChI=1S/C16H20N2O2/c1-16-13(18(2)6-7-20-16)8-10-9-17-11-4-5-12(19-3)15(16)14(10)11/h4-5,9,13,17H,6-8H2,1-3H3/t13-,16+/m0/s1. The zero-order valence-corrected chi connectivity index (χ0v) is 12.2. The van der Waals surface area contributed by atoms with E-state index in [1.165, 1.54) is 22.0 Å². The number of nitrogens with one attached hydrogen (secondary N) is 1. The Hall–Kier alpha value is -1.52. The molecule has 4 nitrogen and oxygen atoms in total. The minimum Gasteiger partial charge on any atom is -0.496 e. The Bertz CT molecular complexity index is 678. The van der Waals surface area contributed by atoms with E-state index in [-0.39, 0.29) is 5.60 Å². The lowest BCUT2D eigenvalue weighted by Gasteiger charge is -2.49. The SMILES string of the molecule is COc1ccc2[nH]cc3c2c1[C@]1(C)OCCN(C)[C@H]1C3. The van der Waals surface area contributed by atoms with Gasteiger partial charge in [-0.3, -0.25) is 4.90 Å². The predicted molar refractivity (Wildman–Crippen MR) is 78.3 cm³/mol. The number of hydrogen-bond acceptors (Lipinski definition) is 3. The van der Waals surface area contributed by atoms with Crippen LogP contribution in [-0.2, 0) is 16.8 Å². The molecule has 2 heterocycles. The molecule has 4 heteroatoms. The molecule has 1 aromatic carbocycles. The minimum atomic E-state index is -0.299. The first-order valence-electron chi connectivity index (χ1n) is 7.17. The highest BCUT2D eigenvalue weighted by Crippen LogP contribution is 2.48. The number of ether oxygens (including phenoxy) is 2. The molecular weight excluding hydrogens is 252 g/mol. The maximum Gasteiger partial charge on any atom is 0.125 e. The van der Waals surface area contributed by atoms with E-state index in [0.717, 1.165) is 25.3 Å². The van der Waals surface area contributed by atoms with E-state index in [1.807, 2.05) is 6.07 Å². The molecule has 1 saturated heterocycles. The zero-order valence-electron chi connectivity index (χ0n) is 12.2. The van der Waals surface area contributed by atoms with Crippen LogP contribution in [0.15, 0.2) is 18.3 Å². The average molecular weight is 272 g/mol. The Labute approximate surface area is 118 Å². The summed E-state index contributed by atoms with van der Waals surface area (Å²) in [6.07, 6.45) is 3.16. The van der Waals surface area contributed by atoms with Gasteiger partial charge in [-0.15, -0.1) is 0 Å². The maximum absolute atomic E-state index is 6.26. The molecule has 0 spiro atoms. The fraction of sp³-hybridized carbons (Fsp3) is 0.500. The first-order valence-corrected chi connectivity index (χ1v) is 7.17. The summed E-state index contributed by atoms with van der Waals surface area (Å²) in [6, 6.07) is 4.50. The summed E-state index contributed by atoms with van der Waals surface area (Å²) in [7, 11) is 3.93. The Morgan fingerprint density at radius 2 is 2.30 bits per heavy atom. The first-order chi connectivity index (χ1) is 9.65. The van der Waals surface area contributed by atoms with Crippen molar-refractivity contribution in [1.82, 2.24) is 9.88 Å². The van der Waals surface area contributed by atoms with Crippen LogP contribution in [0, 0.1) is 0 Å². The second-order valence-electron chi connectivity index (χ2n) is 6.04. The van der Waals surface area contributed by atoms with Crippen molar-refractivity contribution in [2.75, 3.05) is 27.3 Å². The molecule has 0 radical (unpaired) electrons. The number of rotatable bonds is 1. The number of fused-ring (bicyclic) bond motifs is 2. The number of likely N-dealkylation sites (N-methyl/N-ethyl adjacent to an activating group) is 1. The lowest BCUT2D eigenvalue weighted by Crippen LogP contribution is -2.57. The lowest BCUT2D eigenvalue weighted by molar-refractivity contribution is -0.138. The number of H-pyrrole nitrogens is 1. The van der Waals surface area contributed by atoms with Gasteiger partial charge in [0.15, 0.2) is 0 Å². The minimum absolute atomic E-state index is 0.299. The van der Waals surface area contributed by atoms with Crippen LogP contribution in [0.25, 0.3) is 10.9 Å². The van der Waals surface area contributed by atoms with E-state index in [2.05, 4.69) is 36.1 Å². The van der Waals surface area contributed by atoms with Crippen molar-refractivity contribution in [3.05, 3.63) is 29.5 Å². The zero-order chi connectivity index (χ0) is 13.9. The topological polar surface area (TPSA) is 37.5 Å². The molecule has 4 rings (SSSR count). The second kappa shape index (κ2) is 3.99. The van der Waals surface area contributed by atoms with Gasteiger partial charge < -0.3 is 14.5 Å². The molecule has 1 aliphatic carbocycles. The third kappa shape index (κ3) is 1.38. The van der Waals surface area contributed by atoms with Crippen LogP contribution in [-0.4, -0.2) is 43.2 Å². The van der Waals surface area contributed by atoms with E-state index < -0.39 is 0 Å². The third-order valence-corrected chi connectivity index (χ3v) is 5.03. The van der Waals surface area contributed by atoms with Gasteiger partial charge in [0.1, 0.15) is 11.4 Å². The number of morpholine rings is 1. The molecule has 0 bridgehead atoms. The highest BCUT2D eigenvalue weighted by molar-refractivity contribution is 5.91. The van der Waals surface area contributed by atoms with Crippen molar-refractivity contribution in [1.29, 1.82) is 0 Å². The molecule has 2 aliphatic rings. The van der Waals surface area contributed by atoms with Crippen LogP contribution in [0.1, 0.15) is 18.1 Å². The van der Waals surface area contributed by atoms with Crippen LogP contribution >= 0.6 is 0 Å². The van der Waals surface area contributed by atoms with Gasteiger partial charge in [0.25, 0.3) is 0 Å². The van der Waals surface area contributed by atoms with Crippen molar-refractivity contribution >= 4 is 10.9 Å². The van der Waals surface area contributed by atoms with E-state index in [4.69, 9.17) is 9.47 Å². The van der Waals surface area contributed by atoms with Crippen LogP contribution in [0.4, 0.5) is 0 Å². The molecule has 106 valence electrons. The smallest absolute Gasteiger partial charge is 0.125 e. The van der Waals surface area contributed by atoms with Crippen molar-refractivity contribution in [2.45, 2.75) is 25.0 Å². The van der Waals surface area contributed by atoms with Crippen LogP contribution in [0.3, 0.4) is 0 Å². The van der Waals surface area contributed by atoms with Crippen molar-refractivity contribution in [3.63, 3.8) is 0 Å². The molecule has 1 aliphatic heterocycles. The van der Waals surface area contributed by atoms with Crippen LogP contribution in [0.2, 0.25) is 0 Å². The Morgan fingerprint density at radius 1 is 1.45 bits per heavy atom. The van der Waals surface area contributed by atoms with E-state index >= 15 is 0 Å². The van der Waals surface area contributed by atoms with E-state index in [1.54, 1.807) is 7.11 Å². The van der Waals surface area contributed by atoms with Crippen molar-refractivity contribution in [2.24, 2.45) is 0 Å². The molecule has 1 fully saturated rings. The molecule has 2 atom stereocenters. The highest BCUT2D eigenvalue weighted by atomic mass is 16.5. The number of nitrogens with zero attached hydrogens (tertiary/aromatic N) is 1. The Balaban J connectivity index is 2.05. The fourth-order valence-corrected chi connectivity index (χ4v) is 3.97. The monoisotopic (exact) mass is 272 g/mol. The molecule has 1 aromatic heterocycles.